The van der Waals surface area contributed by atoms with Crippen LogP contribution in [-0.2, 0) is 22.6 Å². The summed E-state index contributed by atoms with van der Waals surface area (Å²) in [6.45, 7) is 7.26. The van der Waals surface area contributed by atoms with Crippen LogP contribution in [0.4, 0.5) is 4.39 Å². The number of amides is 2. The summed E-state index contributed by atoms with van der Waals surface area (Å²) in [6, 6.07) is 12.5. The molecule has 28 heavy (non-hydrogen) atoms. The van der Waals surface area contributed by atoms with Crippen molar-refractivity contribution in [2.24, 2.45) is 0 Å². The number of carbonyl (C=O) groups excluding carboxylic acids is 2. The molecule has 0 heterocycles. The summed E-state index contributed by atoms with van der Waals surface area (Å²) in [5.41, 5.74) is 0.655. The number of rotatable bonds is 6. The zero-order valence-corrected chi connectivity index (χ0v) is 17.4. The Hall–Kier alpha value is -2.40. The van der Waals surface area contributed by atoms with Crippen LogP contribution in [0.1, 0.15) is 38.8 Å². The van der Waals surface area contributed by atoms with E-state index in [1.165, 1.54) is 11.0 Å². The maximum Gasteiger partial charge on any atom is 0.242 e. The smallest absolute Gasteiger partial charge is 0.242 e. The fourth-order valence-electron chi connectivity index (χ4n) is 2.79. The van der Waals surface area contributed by atoms with E-state index in [4.69, 9.17) is 11.6 Å². The molecule has 0 aliphatic heterocycles. The molecule has 0 aliphatic carbocycles. The molecule has 1 atom stereocenters. The molecule has 0 bridgehead atoms. The van der Waals surface area contributed by atoms with Crippen molar-refractivity contribution in [3.63, 3.8) is 0 Å². The van der Waals surface area contributed by atoms with Crippen LogP contribution in [0.15, 0.2) is 48.5 Å². The lowest BCUT2D eigenvalue weighted by Gasteiger charge is -2.31. The molecule has 0 unspecified atom stereocenters. The third-order valence-electron chi connectivity index (χ3n) is 4.21. The predicted octanol–water partition coefficient (Wildman–Crippen LogP) is 4.35. The van der Waals surface area contributed by atoms with Gasteiger partial charge in [0.1, 0.15) is 11.9 Å². The average molecular weight is 405 g/mol. The second-order valence-electron chi connectivity index (χ2n) is 7.83. The van der Waals surface area contributed by atoms with Gasteiger partial charge < -0.3 is 10.2 Å². The summed E-state index contributed by atoms with van der Waals surface area (Å²) in [5, 5.41) is 3.41. The van der Waals surface area contributed by atoms with Gasteiger partial charge >= 0.3 is 0 Å². The highest BCUT2D eigenvalue weighted by Gasteiger charge is 2.29. The van der Waals surface area contributed by atoms with Gasteiger partial charge in [-0.2, -0.15) is 0 Å². The quantitative estimate of drug-likeness (QED) is 0.777. The first-order valence-corrected chi connectivity index (χ1v) is 9.54. The monoisotopic (exact) mass is 404 g/mol. The minimum absolute atomic E-state index is 0.00476. The maximum atomic E-state index is 14.2. The second kappa shape index (κ2) is 9.20. The fraction of sp³-hybridized carbons (Fsp3) is 0.364. The highest BCUT2D eigenvalue weighted by molar-refractivity contribution is 6.30. The summed E-state index contributed by atoms with van der Waals surface area (Å²) in [5.74, 6) is -0.975. The highest BCUT2D eigenvalue weighted by atomic mass is 35.5. The molecule has 2 aromatic rings. The van der Waals surface area contributed by atoms with Gasteiger partial charge in [-0.25, -0.2) is 4.39 Å². The minimum atomic E-state index is -0.759. The second-order valence-corrected chi connectivity index (χ2v) is 8.27. The van der Waals surface area contributed by atoms with E-state index in [1.807, 2.05) is 20.8 Å². The van der Waals surface area contributed by atoms with E-state index in [1.54, 1.807) is 49.4 Å². The van der Waals surface area contributed by atoms with E-state index in [9.17, 15) is 14.0 Å². The Balaban J connectivity index is 2.27. The summed E-state index contributed by atoms with van der Waals surface area (Å²) in [4.78, 5) is 27.1. The van der Waals surface area contributed by atoms with Crippen LogP contribution in [0.3, 0.4) is 0 Å². The van der Waals surface area contributed by atoms with E-state index in [0.29, 0.717) is 10.6 Å². The van der Waals surface area contributed by atoms with Crippen molar-refractivity contribution in [2.45, 2.75) is 52.2 Å². The standard InChI is InChI=1S/C22H26ClFN2O2/c1-15(21(28)25-22(2,3)4)26(14-17-9-5-6-11-19(17)24)20(27)13-16-8-7-10-18(23)12-16/h5-12,15H,13-14H2,1-4H3,(H,25,28)/t15-/m0/s1. The van der Waals surface area contributed by atoms with E-state index in [-0.39, 0.29) is 24.8 Å². The van der Waals surface area contributed by atoms with Gasteiger partial charge in [0.15, 0.2) is 0 Å². The molecule has 0 saturated carbocycles. The molecule has 0 radical (unpaired) electrons. The molecule has 2 amide bonds. The van der Waals surface area contributed by atoms with Crippen LogP contribution in [0.25, 0.3) is 0 Å². The summed E-state index contributed by atoms with van der Waals surface area (Å²) in [7, 11) is 0. The first-order valence-electron chi connectivity index (χ1n) is 9.16. The van der Waals surface area contributed by atoms with Gasteiger partial charge in [-0.3, -0.25) is 9.59 Å². The van der Waals surface area contributed by atoms with Crippen molar-refractivity contribution in [1.29, 1.82) is 0 Å². The third-order valence-corrected chi connectivity index (χ3v) is 4.44. The summed E-state index contributed by atoms with van der Waals surface area (Å²) >= 11 is 6.01. The first-order chi connectivity index (χ1) is 13.1. The Morgan fingerprint density at radius 1 is 1.14 bits per heavy atom. The number of hydrogen-bond donors (Lipinski definition) is 1. The molecule has 2 aromatic carbocycles. The van der Waals surface area contributed by atoms with Gasteiger partial charge in [-0.15, -0.1) is 0 Å². The van der Waals surface area contributed by atoms with Crippen LogP contribution in [0.5, 0.6) is 0 Å². The number of hydrogen-bond acceptors (Lipinski definition) is 2. The van der Waals surface area contributed by atoms with E-state index < -0.39 is 17.4 Å². The molecule has 0 fully saturated rings. The molecule has 4 nitrogen and oxygen atoms in total. The van der Waals surface area contributed by atoms with Gasteiger partial charge in [0.05, 0.1) is 6.42 Å². The number of nitrogens with one attached hydrogen (secondary N) is 1. The molecule has 0 aliphatic rings. The lowest BCUT2D eigenvalue weighted by molar-refractivity contribution is -0.140. The van der Waals surface area contributed by atoms with Crippen molar-refractivity contribution in [3.05, 3.63) is 70.5 Å². The first kappa shape index (κ1) is 21.9. The Labute approximate surface area is 170 Å². The number of benzene rings is 2. The lowest BCUT2D eigenvalue weighted by Crippen LogP contribution is -2.52. The fourth-order valence-corrected chi connectivity index (χ4v) is 3.00. The number of halogens is 2. The summed E-state index contributed by atoms with van der Waals surface area (Å²) < 4.78 is 14.2. The molecular formula is C22H26ClFN2O2. The van der Waals surface area contributed by atoms with Crippen molar-refractivity contribution in [2.75, 3.05) is 0 Å². The van der Waals surface area contributed by atoms with Crippen molar-refractivity contribution in [1.82, 2.24) is 10.2 Å². The van der Waals surface area contributed by atoms with Gasteiger partial charge in [0.25, 0.3) is 0 Å². The molecule has 0 aromatic heterocycles. The Morgan fingerprint density at radius 2 is 1.82 bits per heavy atom. The van der Waals surface area contributed by atoms with E-state index in [0.717, 1.165) is 5.56 Å². The van der Waals surface area contributed by atoms with Crippen LogP contribution >= 0.6 is 11.6 Å². The third kappa shape index (κ3) is 6.34. The summed E-state index contributed by atoms with van der Waals surface area (Å²) in [6.07, 6.45) is 0.0716. The van der Waals surface area contributed by atoms with Gasteiger partial charge in [0, 0.05) is 22.7 Å². The van der Waals surface area contributed by atoms with Crippen LogP contribution < -0.4 is 5.32 Å². The highest BCUT2D eigenvalue weighted by Crippen LogP contribution is 2.17. The average Bonchev–Trinajstić information content (AvgIpc) is 2.59. The molecule has 150 valence electrons. The normalized spacial score (nSPS) is 12.4. The Kier molecular flexibility index (Phi) is 7.19. The largest absolute Gasteiger partial charge is 0.350 e. The zero-order valence-electron chi connectivity index (χ0n) is 16.6. The van der Waals surface area contributed by atoms with Crippen molar-refractivity contribution in [3.8, 4) is 0 Å². The maximum absolute atomic E-state index is 14.2. The van der Waals surface area contributed by atoms with E-state index in [2.05, 4.69) is 5.32 Å². The number of carbonyl (C=O) groups is 2. The van der Waals surface area contributed by atoms with Crippen molar-refractivity contribution >= 4 is 23.4 Å². The van der Waals surface area contributed by atoms with Crippen LogP contribution in [0.2, 0.25) is 5.02 Å². The molecule has 1 N–H and O–H groups in total. The molecule has 2 rings (SSSR count). The van der Waals surface area contributed by atoms with Gasteiger partial charge in [-0.1, -0.05) is 41.9 Å². The Morgan fingerprint density at radius 3 is 2.43 bits per heavy atom. The van der Waals surface area contributed by atoms with Gasteiger partial charge in [-0.05, 0) is 51.5 Å². The number of nitrogens with zero attached hydrogens (tertiary/aromatic N) is 1. The van der Waals surface area contributed by atoms with Crippen LogP contribution in [-0.4, -0.2) is 28.3 Å². The van der Waals surface area contributed by atoms with Gasteiger partial charge in [0.2, 0.25) is 11.8 Å². The molecule has 6 heteroatoms. The molecule has 0 saturated heterocycles. The lowest BCUT2D eigenvalue weighted by atomic mass is 10.1. The SMILES string of the molecule is C[C@@H](C(=O)NC(C)(C)C)N(Cc1ccccc1F)C(=O)Cc1cccc(Cl)c1. The van der Waals surface area contributed by atoms with E-state index >= 15 is 0 Å². The Bertz CT molecular complexity index is 848. The molecular weight excluding hydrogens is 379 g/mol. The van der Waals surface area contributed by atoms with Crippen molar-refractivity contribution < 1.29 is 14.0 Å². The van der Waals surface area contributed by atoms with Crippen LogP contribution in [0, 0.1) is 5.82 Å². The topological polar surface area (TPSA) is 49.4 Å². The minimum Gasteiger partial charge on any atom is -0.350 e. The zero-order chi connectivity index (χ0) is 20.9. The molecule has 0 spiro atoms. The predicted molar refractivity (Wildman–Crippen MR) is 109 cm³/mol.